The topological polar surface area (TPSA) is 117 Å². The lowest BCUT2D eigenvalue weighted by molar-refractivity contribution is -0.165. The molecule has 49 heavy (non-hydrogen) atoms. The molecule has 2 bridgehead atoms. The van der Waals surface area contributed by atoms with Crippen molar-refractivity contribution in [2.24, 2.45) is 17.3 Å². The fourth-order valence-electron chi connectivity index (χ4n) is 8.63. The smallest absolute Gasteiger partial charge is 0.313 e. The first-order valence-corrected chi connectivity index (χ1v) is 17.6. The summed E-state index contributed by atoms with van der Waals surface area (Å²) in [5, 5.41) is 10.3. The summed E-state index contributed by atoms with van der Waals surface area (Å²) in [4.78, 5) is 61.6. The summed E-state index contributed by atoms with van der Waals surface area (Å²) >= 11 is 0. The van der Waals surface area contributed by atoms with Crippen LogP contribution in [0.15, 0.2) is 55.6 Å². The van der Waals surface area contributed by atoms with E-state index in [1.807, 2.05) is 51.1 Å². The van der Waals surface area contributed by atoms with Crippen LogP contribution in [0.5, 0.6) is 0 Å². The van der Waals surface area contributed by atoms with Gasteiger partial charge in [0.05, 0.1) is 36.6 Å². The molecule has 3 aliphatic heterocycles. The van der Waals surface area contributed by atoms with Crippen molar-refractivity contribution < 1.29 is 33.8 Å². The van der Waals surface area contributed by atoms with Crippen LogP contribution in [-0.4, -0.2) is 99.1 Å². The standard InChI is InChI=1S/C39H57N3O7/c1-11-13-19-29(44)40(10)26(4)32(27-17-15-14-16-18-27)48-36(47)30-28-20-21-39(49-28)31(30)34(45)42(25(3)23-43)33(39)35(46)41(22-12-2)38(8,9)24-37(5,6)7/h11-12,14-18,25-26,28,30-33,43H,1-2,13,19-24H2,3-10H3/t25-,26+,28+,30-,31-,32-,33+,39-/m1/s1. The quantitative estimate of drug-likeness (QED) is 0.203. The van der Waals surface area contributed by atoms with Gasteiger partial charge in [0.15, 0.2) is 0 Å². The second-order valence-electron chi connectivity index (χ2n) is 16.0. The number of allylic oxidation sites excluding steroid dienone is 1. The van der Waals surface area contributed by atoms with Crippen LogP contribution in [0.1, 0.15) is 92.2 Å². The van der Waals surface area contributed by atoms with E-state index in [0.29, 0.717) is 31.2 Å². The van der Waals surface area contributed by atoms with Gasteiger partial charge in [-0.15, -0.1) is 13.2 Å². The van der Waals surface area contributed by atoms with Crippen molar-refractivity contribution in [2.45, 2.75) is 122 Å². The minimum atomic E-state index is -1.26. The van der Waals surface area contributed by atoms with Crippen LogP contribution in [0.4, 0.5) is 0 Å². The van der Waals surface area contributed by atoms with Crippen molar-refractivity contribution in [1.29, 1.82) is 0 Å². The maximum absolute atomic E-state index is 14.9. The average Bonchev–Trinajstić information content (AvgIpc) is 3.70. The molecule has 0 unspecified atom stereocenters. The molecule has 1 spiro atoms. The Bertz CT molecular complexity index is 1400. The molecular formula is C39H57N3O7. The molecule has 1 N–H and O–H groups in total. The number of likely N-dealkylation sites (tertiary alicyclic amines) is 1. The molecule has 0 aliphatic carbocycles. The lowest BCUT2D eigenvalue weighted by atomic mass is 9.70. The first kappa shape index (κ1) is 38.3. The summed E-state index contributed by atoms with van der Waals surface area (Å²) in [6.07, 6.45) is 4.34. The highest BCUT2D eigenvalue weighted by Gasteiger charge is 2.75. The number of fused-ring (bicyclic) bond motifs is 1. The summed E-state index contributed by atoms with van der Waals surface area (Å²) in [5.74, 6) is -3.29. The van der Waals surface area contributed by atoms with Gasteiger partial charge in [0.2, 0.25) is 17.7 Å². The molecular weight excluding hydrogens is 622 g/mol. The molecule has 10 nitrogen and oxygen atoms in total. The highest BCUT2D eigenvalue weighted by Crippen LogP contribution is 2.59. The Kier molecular flexibility index (Phi) is 11.5. The molecule has 3 saturated heterocycles. The third kappa shape index (κ3) is 7.36. The number of carbonyl (C=O) groups is 4. The zero-order valence-electron chi connectivity index (χ0n) is 30.7. The second-order valence-corrected chi connectivity index (χ2v) is 16.0. The zero-order valence-corrected chi connectivity index (χ0v) is 30.7. The van der Waals surface area contributed by atoms with Gasteiger partial charge < -0.3 is 29.3 Å². The predicted molar refractivity (Wildman–Crippen MR) is 188 cm³/mol. The number of esters is 1. The van der Waals surface area contributed by atoms with Crippen LogP contribution in [0.2, 0.25) is 0 Å². The molecule has 3 amide bonds. The zero-order chi connectivity index (χ0) is 36.5. The van der Waals surface area contributed by atoms with Crippen molar-refractivity contribution in [3.63, 3.8) is 0 Å². The van der Waals surface area contributed by atoms with Gasteiger partial charge in [-0.05, 0) is 64.4 Å². The van der Waals surface area contributed by atoms with Crippen molar-refractivity contribution >= 4 is 23.7 Å². The number of hydrogen-bond donors (Lipinski definition) is 1. The monoisotopic (exact) mass is 679 g/mol. The lowest BCUT2D eigenvalue weighted by Crippen LogP contribution is -2.62. The van der Waals surface area contributed by atoms with Gasteiger partial charge >= 0.3 is 5.97 Å². The molecule has 0 radical (unpaired) electrons. The Morgan fingerprint density at radius 2 is 1.78 bits per heavy atom. The molecule has 4 rings (SSSR count). The van der Waals surface area contributed by atoms with Gasteiger partial charge in [0, 0.05) is 25.6 Å². The summed E-state index contributed by atoms with van der Waals surface area (Å²) in [6.45, 7) is 21.5. The van der Waals surface area contributed by atoms with Crippen molar-refractivity contribution in [3.05, 3.63) is 61.2 Å². The molecule has 8 atom stereocenters. The molecule has 3 heterocycles. The van der Waals surface area contributed by atoms with Crippen LogP contribution >= 0.6 is 0 Å². The van der Waals surface area contributed by atoms with E-state index in [1.165, 1.54) is 4.90 Å². The van der Waals surface area contributed by atoms with Crippen molar-refractivity contribution in [2.75, 3.05) is 20.2 Å². The van der Waals surface area contributed by atoms with Gasteiger partial charge in [0.25, 0.3) is 0 Å². The van der Waals surface area contributed by atoms with Crippen LogP contribution in [0.3, 0.4) is 0 Å². The predicted octanol–water partition coefficient (Wildman–Crippen LogP) is 5.07. The van der Waals surface area contributed by atoms with Crippen molar-refractivity contribution in [3.8, 4) is 0 Å². The van der Waals surface area contributed by atoms with E-state index in [2.05, 4.69) is 33.9 Å². The van der Waals surface area contributed by atoms with E-state index in [-0.39, 0.29) is 36.8 Å². The van der Waals surface area contributed by atoms with Crippen molar-refractivity contribution in [1.82, 2.24) is 14.7 Å². The molecule has 1 aromatic rings. The molecule has 3 fully saturated rings. The van der Waals surface area contributed by atoms with Crippen LogP contribution in [0, 0.1) is 17.3 Å². The Labute approximate surface area is 292 Å². The summed E-state index contributed by atoms with van der Waals surface area (Å²) in [7, 11) is 1.69. The van der Waals surface area contributed by atoms with Gasteiger partial charge in [-0.25, -0.2) is 0 Å². The SMILES string of the molecule is C=CCCC(=O)N(C)[C@@H](C)[C@@H](OC(=O)[C@@H]1[C@@H]2CC[C@]3(O2)[C@H](C(=O)N(CC=C)C(C)(C)CC(C)(C)C)N([C@H](C)CO)C(=O)[C@@H]13)c1ccccc1. The number of ether oxygens (including phenoxy) is 2. The first-order chi connectivity index (χ1) is 23.0. The Balaban J connectivity index is 1.72. The highest BCUT2D eigenvalue weighted by molar-refractivity contribution is 5.98. The van der Waals surface area contributed by atoms with Crippen LogP contribution in [-0.2, 0) is 28.7 Å². The number of rotatable bonds is 15. The highest BCUT2D eigenvalue weighted by atomic mass is 16.6. The fourth-order valence-corrected chi connectivity index (χ4v) is 8.63. The number of amides is 3. The van der Waals surface area contributed by atoms with E-state index < -0.39 is 65.2 Å². The molecule has 0 aromatic heterocycles. The third-order valence-electron chi connectivity index (χ3n) is 10.6. The lowest BCUT2D eigenvalue weighted by Gasteiger charge is -2.46. The molecule has 3 aliphatic rings. The number of aliphatic hydroxyl groups is 1. The molecule has 270 valence electrons. The van der Waals surface area contributed by atoms with Gasteiger partial charge in [-0.2, -0.15) is 0 Å². The molecule has 0 saturated carbocycles. The van der Waals surface area contributed by atoms with E-state index in [1.54, 1.807) is 35.9 Å². The van der Waals surface area contributed by atoms with Gasteiger partial charge in [-0.3, -0.25) is 19.2 Å². The Morgan fingerprint density at radius 1 is 1.12 bits per heavy atom. The Morgan fingerprint density at radius 3 is 2.35 bits per heavy atom. The summed E-state index contributed by atoms with van der Waals surface area (Å²) in [6, 6.07) is 7.01. The number of likely N-dealkylation sites (N-methyl/N-ethyl adjacent to an activating group) is 1. The van der Waals surface area contributed by atoms with E-state index in [0.717, 1.165) is 0 Å². The number of hydrogen-bond acceptors (Lipinski definition) is 7. The average molecular weight is 680 g/mol. The van der Waals surface area contributed by atoms with Gasteiger partial charge in [-0.1, -0.05) is 63.3 Å². The molecule has 1 aromatic carbocycles. The largest absolute Gasteiger partial charge is 0.455 e. The third-order valence-corrected chi connectivity index (χ3v) is 10.6. The summed E-state index contributed by atoms with van der Waals surface area (Å²) < 4.78 is 13.0. The normalized spacial score (nSPS) is 26.5. The maximum atomic E-state index is 14.9. The van der Waals surface area contributed by atoms with Crippen LogP contribution < -0.4 is 0 Å². The number of nitrogens with zero attached hydrogens (tertiary/aromatic N) is 3. The summed E-state index contributed by atoms with van der Waals surface area (Å²) in [5.41, 5.74) is -1.23. The van der Waals surface area contributed by atoms with Crippen LogP contribution in [0.25, 0.3) is 0 Å². The van der Waals surface area contributed by atoms with Gasteiger partial charge in [0.1, 0.15) is 17.7 Å². The minimum absolute atomic E-state index is 0.0957. The Hall–Kier alpha value is -3.50. The number of carbonyl (C=O) groups excluding carboxylic acids is 4. The van der Waals surface area contributed by atoms with E-state index in [9.17, 15) is 24.3 Å². The fraction of sp³-hybridized carbons (Fsp3) is 0.641. The minimum Gasteiger partial charge on any atom is -0.455 e. The van der Waals surface area contributed by atoms with E-state index in [4.69, 9.17) is 9.47 Å². The first-order valence-electron chi connectivity index (χ1n) is 17.6. The number of benzene rings is 1. The number of aliphatic hydroxyl groups excluding tert-OH is 1. The molecule has 10 heteroatoms. The second kappa shape index (κ2) is 14.8. The van der Waals surface area contributed by atoms with E-state index >= 15 is 0 Å². The maximum Gasteiger partial charge on any atom is 0.313 e.